The summed E-state index contributed by atoms with van der Waals surface area (Å²) in [5.41, 5.74) is 1.67. The number of ether oxygens (including phenoxy) is 1. The molecule has 0 aliphatic carbocycles. The van der Waals surface area contributed by atoms with Gasteiger partial charge in [-0.15, -0.1) is 0 Å². The number of piperazine rings is 1. The summed E-state index contributed by atoms with van der Waals surface area (Å²) in [5, 5.41) is 3.39. The maximum absolute atomic E-state index is 13.1. The molecule has 2 N–H and O–H groups in total. The SMILES string of the molecule is COc1ccc(NC(=O)[C@@H](C)[NH+]2CCN(c3ccc(F)cc3)CC2)cc1Cl. The Kier molecular flexibility index (Phi) is 6.19. The topological polar surface area (TPSA) is 46.0 Å². The Hall–Kier alpha value is -2.31. The monoisotopic (exact) mass is 392 g/mol. The van der Waals surface area contributed by atoms with Crippen LogP contribution in [0.5, 0.6) is 5.75 Å². The van der Waals surface area contributed by atoms with E-state index in [1.807, 2.05) is 6.92 Å². The van der Waals surface area contributed by atoms with Crippen molar-refractivity contribution in [2.75, 3.05) is 43.5 Å². The Morgan fingerprint density at radius 2 is 1.89 bits per heavy atom. The number of hydrogen-bond acceptors (Lipinski definition) is 3. The molecular formula is C20H24ClFN3O2+. The summed E-state index contributed by atoms with van der Waals surface area (Å²) >= 11 is 6.11. The second-order valence-electron chi connectivity index (χ2n) is 6.68. The standard InChI is InChI=1S/C20H23ClFN3O2/c1-14(20(26)23-16-5-8-19(27-2)18(21)13-16)24-9-11-25(12-10-24)17-6-3-15(22)4-7-17/h3-8,13-14H,9-12H2,1-2H3,(H,23,26)/p+1/t14-/m1/s1. The number of anilines is 2. The van der Waals surface area contributed by atoms with Gasteiger partial charge < -0.3 is 19.9 Å². The average molecular weight is 393 g/mol. The lowest BCUT2D eigenvalue weighted by molar-refractivity contribution is -0.914. The first kappa shape index (κ1) is 19.5. The fourth-order valence-electron chi connectivity index (χ4n) is 3.32. The van der Waals surface area contributed by atoms with E-state index in [0.29, 0.717) is 16.5 Å². The van der Waals surface area contributed by atoms with E-state index in [1.165, 1.54) is 17.0 Å². The second kappa shape index (κ2) is 8.59. The highest BCUT2D eigenvalue weighted by Crippen LogP contribution is 2.27. The third-order valence-electron chi connectivity index (χ3n) is 5.02. The van der Waals surface area contributed by atoms with Crippen LogP contribution in [0.3, 0.4) is 0 Å². The van der Waals surface area contributed by atoms with Crippen LogP contribution < -0.4 is 19.9 Å². The molecule has 27 heavy (non-hydrogen) atoms. The maximum Gasteiger partial charge on any atom is 0.282 e. The molecule has 0 saturated carbocycles. The zero-order valence-electron chi connectivity index (χ0n) is 15.5. The van der Waals surface area contributed by atoms with Gasteiger partial charge in [0, 0.05) is 11.4 Å². The Balaban J connectivity index is 1.55. The van der Waals surface area contributed by atoms with Crippen molar-refractivity contribution in [2.45, 2.75) is 13.0 Å². The van der Waals surface area contributed by atoms with Crippen molar-refractivity contribution >= 4 is 28.9 Å². The van der Waals surface area contributed by atoms with Gasteiger partial charge in [-0.05, 0) is 49.4 Å². The predicted molar refractivity (Wildman–Crippen MR) is 105 cm³/mol. The zero-order chi connectivity index (χ0) is 19.4. The first-order valence-electron chi connectivity index (χ1n) is 8.97. The zero-order valence-corrected chi connectivity index (χ0v) is 16.2. The van der Waals surface area contributed by atoms with E-state index in [-0.39, 0.29) is 17.8 Å². The van der Waals surface area contributed by atoms with Crippen molar-refractivity contribution in [1.82, 2.24) is 0 Å². The Bertz CT molecular complexity index is 792. The van der Waals surface area contributed by atoms with E-state index < -0.39 is 0 Å². The van der Waals surface area contributed by atoms with E-state index in [1.54, 1.807) is 37.4 Å². The number of nitrogens with zero attached hydrogens (tertiary/aromatic N) is 1. The molecule has 7 heteroatoms. The third-order valence-corrected chi connectivity index (χ3v) is 5.32. The van der Waals surface area contributed by atoms with Gasteiger partial charge in [-0.25, -0.2) is 4.39 Å². The summed E-state index contributed by atoms with van der Waals surface area (Å²) < 4.78 is 18.2. The van der Waals surface area contributed by atoms with Crippen molar-refractivity contribution < 1.29 is 18.8 Å². The molecule has 1 heterocycles. The fourth-order valence-corrected chi connectivity index (χ4v) is 3.57. The molecule has 0 aromatic heterocycles. The summed E-state index contributed by atoms with van der Waals surface area (Å²) in [7, 11) is 1.55. The van der Waals surface area contributed by atoms with Crippen LogP contribution in [-0.2, 0) is 4.79 Å². The molecule has 2 aromatic carbocycles. The van der Waals surface area contributed by atoms with Crippen LogP contribution in [0.4, 0.5) is 15.8 Å². The predicted octanol–water partition coefficient (Wildman–Crippen LogP) is 2.22. The Labute approximate surface area is 163 Å². The fraction of sp³-hybridized carbons (Fsp3) is 0.350. The van der Waals surface area contributed by atoms with Gasteiger partial charge in [0.15, 0.2) is 6.04 Å². The molecule has 1 fully saturated rings. The largest absolute Gasteiger partial charge is 0.495 e. The first-order chi connectivity index (χ1) is 13.0. The molecular weight excluding hydrogens is 369 g/mol. The van der Waals surface area contributed by atoms with Crippen LogP contribution in [0, 0.1) is 5.82 Å². The van der Waals surface area contributed by atoms with Crippen LogP contribution in [0.1, 0.15) is 6.92 Å². The number of benzene rings is 2. The number of amides is 1. The Morgan fingerprint density at radius 3 is 2.48 bits per heavy atom. The highest BCUT2D eigenvalue weighted by molar-refractivity contribution is 6.32. The molecule has 0 spiro atoms. The quantitative estimate of drug-likeness (QED) is 0.820. The number of nitrogens with one attached hydrogen (secondary N) is 2. The molecule has 1 amide bonds. The smallest absolute Gasteiger partial charge is 0.282 e. The molecule has 2 aromatic rings. The summed E-state index contributed by atoms with van der Waals surface area (Å²) in [5.74, 6) is 0.304. The van der Waals surface area contributed by atoms with Crippen LogP contribution in [-0.4, -0.2) is 45.2 Å². The van der Waals surface area contributed by atoms with Gasteiger partial charge in [-0.3, -0.25) is 4.79 Å². The Morgan fingerprint density at radius 1 is 1.22 bits per heavy atom. The van der Waals surface area contributed by atoms with Gasteiger partial charge in [0.1, 0.15) is 11.6 Å². The first-order valence-corrected chi connectivity index (χ1v) is 9.35. The van der Waals surface area contributed by atoms with E-state index in [2.05, 4.69) is 10.2 Å². The van der Waals surface area contributed by atoms with Crippen LogP contribution in [0.25, 0.3) is 0 Å². The molecule has 1 aliphatic heterocycles. The molecule has 144 valence electrons. The van der Waals surface area contributed by atoms with Gasteiger partial charge in [0.2, 0.25) is 0 Å². The summed E-state index contributed by atoms with van der Waals surface area (Å²) in [6, 6.07) is 11.6. The van der Waals surface area contributed by atoms with E-state index in [4.69, 9.17) is 16.3 Å². The minimum atomic E-state index is -0.230. The minimum Gasteiger partial charge on any atom is -0.495 e. The van der Waals surface area contributed by atoms with E-state index in [0.717, 1.165) is 31.9 Å². The molecule has 1 atom stereocenters. The van der Waals surface area contributed by atoms with Crippen molar-refractivity contribution in [3.8, 4) is 5.75 Å². The van der Waals surface area contributed by atoms with Gasteiger partial charge in [-0.1, -0.05) is 11.6 Å². The van der Waals surface area contributed by atoms with E-state index >= 15 is 0 Å². The van der Waals surface area contributed by atoms with E-state index in [9.17, 15) is 9.18 Å². The summed E-state index contributed by atoms with van der Waals surface area (Å²) in [4.78, 5) is 16.1. The number of rotatable bonds is 5. The molecule has 3 rings (SSSR count). The molecule has 5 nitrogen and oxygen atoms in total. The van der Waals surface area contributed by atoms with Crippen LogP contribution >= 0.6 is 11.6 Å². The van der Waals surface area contributed by atoms with Crippen molar-refractivity contribution in [1.29, 1.82) is 0 Å². The van der Waals surface area contributed by atoms with Gasteiger partial charge in [0.05, 0.1) is 38.3 Å². The normalized spacial score (nSPS) is 16.1. The number of carbonyl (C=O) groups excluding carboxylic acids is 1. The van der Waals surface area contributed by atoms with Crippen molar-refractivity contribution in [3.05, 3.63) is 53.3 Å². The highest BCUT2D eigenvalue weighted by atomic mass is 35.5. The maximum atomic E-state index is 13.1. The lowest BCUT2D eigenvalue weighted by Gasteiger charge is -2.36. The van der Waals surface area contributed by atoms with Gasteiger partial charge >= 0.3 is 0 Å². The number of hydrogen-bond donors (Lipinski definition) is 2. The van der Waals surface area contributed by atoms with Crippen LogP contribution in [0.2, 0.25) is 5.02 Å². The molecule has 1 saturated heterocycles. The summed E-state index contributed by atoms with van der Waals surface area (Å²) in [6.45, 7) is 5.27. The highest BCUT2D eigenvalue weighted by Gasteiger charge is 2.29. The number of halogens is 2. The minimum absolute atomic E-state index is 0.0403. The van der Waals surface area contributed by atoms with Gasteiger partial charge in [0.25, 0.3) is 5.91 Å². The average Bonchev–Trinajstić information content (AvgIpc) is 2.68. The third kappa shape index (κ3) is 4.70. The molecule has 0 unspecified atom stereocenters. The van der Waals surface area contributed by atoms with Crippen LogP contribution in [0.15, 0.2) is 42.5 Å². The number of carbonyl (C=O) groups is 1. The second-order valence-corrected chi connectivity index (χ2v) is 7.09. The summed E-state index contributed by atoms with van der Waals surface area (Å²) in [6.07, 6.45) is 0. The lowest BCUT2D eigenvalue weighted by atomic mass is 10.2. The van der Waals surface area contributed by atoms with Gasteiger partial charge in [-0.2, -0.15) is 0 Å². The molecule has 0 radical (unpaired) electrons. The number of quaternary nitrogens is 1. The molecule has 0 bridgehead atoms. The lowest BCUT2D eigenvalue weighted by Crippen LogP contribution is -3.19. The molecule has 1 aliphatic rings. The van der Waals surface area contributed by atoms with Crippen molar-refractivity contribution in [3.63, 3.8) is 0 Å². The van der Waals surface area contributed by atoms with Crippen molar-refractivity contribution in [2.24, 2.45) is 0 Å². The number of methoxy groups -OCH3 is 1.